The summed E-state index contributed by atoms with van der Waals surface area (Å²) in [6.45, 7) is -0.0262. The molecule has 0 unspecified atom stereocenters. The van der Waals surface area contributed by atoms with Crippen molar-refractivity contribution in [2.45, 2.75) is 6.61 Å². The van der Waals surface area contributed by atoms with Crippen molar-refractivity contribution in [2.24, 2.45) is 5.73 Å². The van der Waals surface area contributed by atoms with Crippen LogP contribution in [0.5, 0.6) is 11.5 Å². The number of thiazole rings is 1. The molecule has 0 radical (unpaired) electrons. The highest BCUT2D eigenvalue weighted by Gasteiger charge is 2.19. The van der Waals surface area contributed by atoms with Gasteiger partial charge in [0.25, 0.3) is 5.91 Å². The van der Waals surface area contributed by atoms with Crippen LogP contribution in [0.25, 0.3) is 11.3 Å². The molecule has 0 saturated carbocycles. The molecule has 0 spiro atoms. The number of rotatable bonds is 6. The van der Waals surface area contributed by atoms with E-state index in [1.54, 1.807) is 7.11 Å². The van der Waals surface area contributed by atoms with Gasteiger partial charge in [0, 0.05) is 10.9 Å². The molecule has 2 aromatic carbocycles. The lowest BCUT2D eigenvalue weighted by Crippen LogP contribution is -2.16. The van der Waals surface area contributed by atoms with Crippen molar-refractivity contribution >= 4 is 17.2 Å². The van der Waals surface area contributed by atoms with E-state index in [0.29, 0.717) is 5.01 Å². The molecule has 1 aromatic heterocycles. The van der Waals surface area contributed by atoms with Crippen molar-refractivity contribution in [1.29, 1.82) is 0 Å². The highest BCUT2D eigenvalue weighted by atomic mass is 32.1. The summed E-state index contributed by atoms with van der Waals surface area (Å²) in [5.41, 5.74) is 5.81. The van der Waals surface area contributed by atoms with Gasteiger partial charge >= 0.3 is 0 Å². The van der Waals surface area contributed by atoms with Crippen LogP contribution in [0.2, 0.25) is 0 Å². The van der Waals surface area contributed by atoms with E-state index in [4.69, 9.17) is 15.2 Å². The lowest BCUT2D eigenvalue weighted by atomic mass is 10.1. The summed E-state index contributed by atoms with van der Waals surface area (Å²) in [5, 5.41) is 2.44. The number of nitrogens with two attached hydrogens (primary N) is 1. The Hall–Kier alpha value is -3.00. The number of nitrogens with zero attached hydrogens (tertiary/aromatic N) is 1. The third kappa shape index (κ3) is 3.65. The summed E-state index contributed by atoms with van der Waals surface area (Å²) in [6, 6.07) is 9.43. The van der Waals surface area contributed by atoms with E-state index in [1.165, 1.54) is 11.3 Å². The zero-order valence-corrected chi connectivity index (χ0v) is 14.5. The SMILES string of the molecule is COc1ccc(-c2csc(COc3ccc(F)c(C(N)=O)c3F)n2)cc1. The van der Waals surface area contributed by atoms with Crippen molar-refractivity contribution in [3.05, 3.63) is 64.0 Å². The first kappa shape index (κ1) is 17.8. The zero-order chi connectivity index (χ0) is 18.7. The van der Waals surface area contributed by atoms with E-state index in [1.807, 2.05) is 29.6 Å². The number of primary amides is 1. The average Bonchev–Trinajstić information content (AvgIpc) is 3.10. The molecule has 0 saturated heterocycles. The summed E-state index contributed by atoms with van der Waals surface area (Å²) < 4.78 is 38.1. The van der Waals surface area contributed by atoms with Gasteiger partial charge in [-0.25, -0.2) is 13.8 Å². The van der Waals surface area contributed by atoms with Crippen molar-refractivity contribution in [2.75, 3.05) is 7.11 Å². The minimum atomic E-state index is -1.19. The number of benzene rings is 2. The third-order valence-electron chi connectivity index (χ3n) is 3.59. The van der Waals surface area contributed by atoms with Crippen LogP contribution < -0.4 is 15.2 Å². The van der Waals surface area contributed by atoms with E-state index in [2.05, 4.69) is 4.98 Å². The molecule has 0 bridgehead atoms. The summed E-state index contributed by atoms with van der Waals surface area (Å²) >= 11 is 1.34. The fourth-order valence-electron chi connectivity index (χ4n) is 2.28. The molecule has 26 heavy (non-hydrogen) atoms. The average molecular weight is 376 g/mol. The molecule has 0 aliphatic rings. The fraction of sp³-hybridized carbons (Fsp3) is 0.111. The first-order valence-corrected chi connectivity index (χ1v) is 8.37. The van der Waals surface area contributed by atoms with Crippen LogP contribution in [0.1, 0.15) is 15.4 Å². The second-order valence-electron chi connectivity index (χ2n) is 5.24. The van der Waals surface area contributed by atoms with Crippen LogP contribution >= 0.6 is 11.3 Å². The summed E-state index contributed by atoms with van der Waals surface area (Å²) in [6.07, 6.45) is 0. The third-order valence-corrected chi connectivity index (χ3v) is 4.41. The van der Waals surface area contributed by atoms with Gasteiger partial charge in [-0.1, -0.05) is 0 Å². The number of aromatic nitrogens is 1. The minimum Gasteiger partial charge on any atom is -0.497 e. The van der Waals surface area contributed by atoms with E-state index in [9.17, 15) is 13.6 Å². The van der Waals surface area contributed by atoms with Gasteiger partial charge in [0.15, 0.2) is 11.6 Å². The van der Waals surface area contributed by atoms with E-state index < -0.39 is 23.1 Å². The molecule has 2 N–H and O–H groups in total. The Morgan fingerprint density at radius 2 is 1.92 bits per heavy atom. The normalized spacial score (nSPS) is 10.6. The highest BCUT2D eigenvalue weighted by Crippen LogP contribution is 2.27. The van der Waals surface area contributed by atoms with Gasteiger partial charge in [-0.05, 0) is 36.4 Å². The lowest BCUT2D eigenvalue weighted by molar-refractivity contribution is 0.0991. The molecule has 1 heterocycles. The number of halogens is 2. The Morgan fingerprint density at radius 3 is 2.58 bits per heavy atom. The predicted octanol–water partition coefficient (Wildman–Crippen LogP) is 3.77. The maximum atomic E-state index is 14.1. The Kier molecular flexibility index (Phi) is 5.13. The molecule has 0 aliphatic heterocycles. The molecule has 134 valence electrons. The van der Waals surface area contributed by atoms with Gasteiger partial charge in [-0.15, -0.1) is 11.3 Å². The topological polar surface area (TPSA) is 74.4 Å². The second-order valence-corrected chi connectivity index (χ2v) is 6.19. The standard InChI is InChI=1S/C18H14F2N2O3S/c1-24-11-4-2-10(3-5-11)13-9-26-15(22-13)8-25-14-7-6-12(19)16(17(14)20)18(21)23/h2-7,9H,8H2,1H3,(H2,21,23). The smallest absolute Gasteiger partial charge is 0.254 e. The second kappa shape index (κ2) is 7.49. The molecule has 1 amide bonds. The Labute approximate surface area is 152 Å². The summed E-state index contributed by atoms with van der Waals surface area (Å²) in [7, 11) is 1.59. The molecule has 3 aromatic rings. The highest BCUT2D eigenvalue weighted by molar-refractivity contribution is 7.09. The monoisotopic (exact) mass is 376 g/mol. The first-order valence-electron chi connectivity index (χ1n) is 7.49. The zero-order valence-electron chi connectivity index (χ0n) is 13.7. The molecular formula is C18H14F2N2O3S. The first-order chi connectivity index (χ1) is 12.5. The van der Waals surface area contributed by atoms with Crippen LogP contribution in [0, 0.1) is 11.6 Å². The number of hydrogen-bond acceptors (Lipinski definition) is 5. The van der Waals surface area contributed by atoms with Crippen molar-refractivity contribution in [3.63, 3.8) is 0 Å². The maximum Gasteiger partial charge on any atom is 0.254 e. The van der Waals surface area contributed by atoms with E-state index in [-0.39, 0.29) is 12.4 Å². The molecule has 0 aliphatic carbocycles. The summed E-state index contributed by atoms with van der Waals surface area (Å²) in [5.74, 6) is -2.87. The maximum absolute atomic E-state index is 14.1. The van der Waals surface area contributed by atoms with E-state index in [0.717, 1.165) is 29.1 Å². The van der Waals surface area contributed by atoms with Gasteiger partial charge in [-0.3, -0.25) is 4.79 Å². The number of ether oxygens (including phenoxy) is 2. The predicted molar refractivity (Wildman–Crippen MR) is 93.3 cm³/mol. The Bertz CT molecular complexity index is 942. The van der Waals surface area contributed by atoms with Crippen LogP contribution in [0.15, 0.2) is 41.8 Å². The van der Waals surface area contributed by atoms with E-state index >= 15 is 0 Å². The summed E-state index contributed by atoms with van der Waals surface area (Å²) in [4.78, 5) is 15.6. The van der Waals surface area contributed by atoms with Crippen LogP contribution in [-0.4, -0.2) is 18.0 Å². The molecule has 0 fully saturated rings. The number of hydrogen-bond donors (Lipinski definition) is 1. The Balaban J connectivity index is 1.74. The van der Waals surface area contributed by atoms with Crippen LogP contribution in [-0.2, 0) is 6.61 Å². The van der Waals surface area contributed by atoms with Gasteiger partial charge in [0.05, 0.1) is 12.8 Å². The van der Waals surface area contributed by atoms with Gasteiger partial charge < -0.3 is 15.2 Å². The largest absolute Gasteiger partial charge is 0.497 e. The molecular weight excluding hydrogens is 362 g/mol. The molecule has 8 heteroatoms. The van der Waals surface area contributed by atoms with Gasteiger partial charge in [0.2, 0.25) is 0 Å². The quantitative estimate of drug-likeness (QED) is 0.711. The van der Waals surface area contributed by atoms with Crippen molar-refractivity contribution in [3.8, 4) is 22.8 Å². The lowest BCUT2D eigenvalue weighted by Gasteiger charge is -2.08. The fourth-order valence-corrected chi connectivity index (χ4v) is 3.00. The van der Waals surface area contributed by atoms with Gasteiger partial charge in [-0.2, -0.15) is 0 Å². The molecule has 0 atom stereocenters. The molecule has 3 rings (SSSR count). The number of carbonyl (C=O) groups is 1. The number of methoxy groups -OCH3 is 1. The Morgan fingerprint density at radius 1 is 1.19 bits per heavy atom. The van der Waals surface area contributed by atoms with Crippen LogP contribution in [0.3, 0.4) is 0 Å². The van der Waals surface area contributed by atoms with Crippen molar-refractivity contribution in [1.82, 2.24) is 4.98 Å². The van der Waals surface area contributed by atoms with Crippen LogP contribution in [0.4, 0.5) is 8.78 Å². The van der Waals surface area contributed by atoms with Gasteiger partial charge in [0.1, 0.15) is 28.7 Å². The molecule has 5 nitrogen and oxygen atoms in total. The number of amides is 1. The number of carbonyl (C=O) groups excluding carboxylic acids is 1. The minimum absolute atomic E-state index is 0.0262. The van der Waals surface area contributed by atoms with Crippen molar-refractivity contribution < 1.29 is 23.0 Å².